The lowest BCUT2D eigenvalue weighted by atomic mass is 10.1. The number of esters is 2. The summed E-state index contributed by atoms with van der Waals surface area (Å²) in [5, 5.41) is 1.70. The molecule has 0 heterocycles. The lowest BCUT2D eigenvalue weighted by Gasteiger charge is -2.18. The van der Waals surface area contributed by atoms with Gasteiger partial charge in [0.1, 0.15) is 32.2 Å². The zero-order valence-corrected chi connectivity index (χ0v) is 20.0. The van der Waals surface area contributed by atoms with E-state index in [1.54, 1.807) is 6.07 Å². The molecule has 0 atom stereocenters. The van der Waals surface area contributed by atoms with Gasteiger partial charge in [0, 0.05) is 29.0 Å². The van der Waals surface area contributed by atoms with Gasteiger partial charge >= 0.3 is 11.9 Å². The van der Waals surface area contributed by atoms with E-state index in [9.17, 15) is 9.59 Å². The molecule has 0 saturated heterocycles. The Labute approximate surface area is 205 Å². The van der Waals surface area contributed by atoms with E-state index in [4.69, 9.17) is 33.2 Å². The highest BCUT2D eigenvalue weighted by Gasteiger charge is 2.15. The first kappa shape index (κ1) is 27.7. The number of hydrogen-bond acceptors (Lipinski definition) is 9. The van der Waals surface area contributed by atoms with Crippen LogP contribution in [0.25, 0.3) is 10.8 Å². The van der Waals surface area contributed by atoms with Crippen molar-refractivity contribution in [1.29, 1.82) is 0 Å². The van der Waals surface area contributed by atoms with E-state index in [2.05, 4.69) is 13.2 Å². The predicted molar refractivity (Wildman–Crippen MR) is 130 cm³/mol. The fourth-order valence-corrected chi connectivity index (χ4v) is 2.96. The average Bonchev–Trinajstić information content (AvgIpc) is 2.88. The number of hydrogen-bond donors (Lipinski definition) is 0. The molecule has 0 aliphatic carbocycles. The zero-order valence-electron chi connectivity index (χ0n) is 20.0. The quantitative estimate of drug-likeness (QED) is 0.177. The van der Waals surface area contributed by atoms with Crippen LogP contribution in [-0.4, -0.2) is 71.4 Å². The summed E-state index contributed by atoms with van der Waals surface area (Å²) in [6.07, 6.45) is 2.21. The van der Waals surface area contributed by atoms with Crippen molar-refractivity contribution in [3.63, 3.8) is 0 Å². The van der Waals surface area contributed by atoms with Crippen LogP contribution in [0.15, 0.2) is 55.6 Å². The van der Waals surface area contributed by atoms with Gasteiger partial charge in [-0.1, -0.05) is 37.4 Å². The molecular formula is C26H32O9. The number of benzene rings is 2. The molecule has 0 spiro atoms. The zero-order chi connectivity index (χ0) is 25.3. The first-order chi connectivity index (χ1) is 17.1. The van der Waals surface area contributed by atoms with Gasteiger partial charge < -0.3 is 33.2 Å². The van der Waals surface area contributed by atoms with Crippen molar-refractivity contribution in [2.24, 2.45) is 0 Å². The van der Waals surface area contributed by atoms with E-state index in [0.29, 0.717) is 43.7 Å². The summed E-state index contributed by atoms with van der Waals surface area (Å²) in [6.45, 7) is 11.0. The molecule has 0 aliphatic rings. The number of fused-ring (bicyclic) bond motifs is 1. The largest absolute Gasteiger partial charge is 0.490 e. The third-order valence-corrected chi connectivity index (χ3v) is 4.46. The number of carbonyl (C=O) groups is 2. The molecule has 0 unspecified atom stereocenters. The minimum atomic E-state index is -0.486. The minimum absolute atomic E-state index is 0.147. The minimum Gasteiger partial charge on any atom is -0.490 e. The Morgan fingerprint density at radius 1 is 0.714 bits per heavy atom. The second kappa shape index (κ2) is 16.1. The van der Waals surface area contributed by atoms with Gasteiger partial charge in [0.05, 0.1) is 33.0 Å². The number of ether oxygens (including phenoxy) is 7. The Morgan fingerprint density at radius 3 is 1.83 bits per heavy atom. The molecule has 0 N–H and O–H groups in total. The first-order valence-electron chi connectivity index (χ1n) is 11.3. The van der Waals surface area contributed by atoms with Crippen molar-refractivity contribution in [3.8, 4) is 17.2 Å². The van der Waals surface area contributed by atoms with E-state index in [1.165, 1.54) is 0 Å². The number of rotatable bonds is 18. The van der Waals surface area contributed by atoms with Crippen molar-refractivity contribution in [1.82, 2.24) is 0 Å². The third kappa shape index (κ3) is 9.68. The summed E-state index contributed by atoms with van der Waals surface area (Å²) in [7, 11) is 0. The van der Waals surface area contributed by atoms with Crippen LogP contribution in [0.2, 0.25) is 0 Å². The lowest BCUT2D eigenvalue weighted by molar-refractivity contribution is -0.140. The molecule has 35 heavy (non-hydrogen) atoms. The molecule has 9 heteroatoms. The summed E-state index contributed by atoms with van der Waals surface area (Å²) >= 11 is 0. The molecule has 0 aromatic heterocycles. The summed E-state index contributed by atoms with van der Waals surface area (Å²) in [5.74, 6) is 0.816. The fourth-order valence-electron chi connectivity index (χ4n) is 2.96. The van der Waals surface area contributed by atoms with Gasteiger partial charge in [0.15, 0.2) is 11.5 Å². The van der Waals surface area contributed by atoms with E-state index in [0.717, 1.165) is 22.9 Å². The highest BCUT2D eigenvalue weighted by atomic mass is 16.6. The Bertz CT molecular complexity index is 971. The van der Waals surface area contributed by atoms with Crippen LogP contribution in [0.1, 0.15) is 6.92 Å². The van der Waals surface area contributed by atoms with Gasteiger partial charge in [0.2, 0.25) is 0 Å². The molecule has 9 nitrogen and oxygen atoms in total. The highest BCUT2D eigenvalue weighted by molar-refractivity contribution is 5.95. The van der Waals surface area contributed by atoms with Gasteiger partial charge in [0.25, 0.3) is 0 Å². The Morgan fingerprint density at radius 2 is 1.26 bits per heavy atom. The van der Waals surface area contributed by atoms with E-state index < -0.39 is 11.9 Å². The van der Waals surface area contributed by atoms with Gasteiger partial charge in [-0.05, 0) is 6.92 Å². The fraction of sp³-hybridized carbons (Fsp3) is 0.385. The van der Waals surface area contributed by atoms with Crippen molar-refractivity contribution in [2.45, 2.75) is 6.92 Å². The first-order valence-corrected chi connectivity index (χ1v) is 11.3. The molecule has 0 amide bonds. The molecule has 0 bridgehead atoms. The molecule has 190 valence electrons. The molecule has 0 radical (unpaired) electrons. The summed E-state index contributed by atoms with van der Waals surface area (Å²) in [6, 6.07) is 9.49. The monoisotopic (exact) mass is 488 g/mol. The summed E-state index contributed by atoms with van der Waals surface area (Å²) < 4.78 is 38.4. The molecule has 0 fully saturated rings. The van der Waals surface area contributed by atoms with Crippen LogP contribution < -0.4 is 14.2 Å². The molecule has 0 saturated carbocycles. The predicted octanol–water partition coefficient (Wildman–Crippen LogP) is 3.49. The average molecular weight is 489 g/mol. The van der Waals surface area contributed by atoms with E-state index in [-0.39, 0.29) is 33.0 Å². The molecule has 0 aliphatic heterocycles. The van der Waals surface area contributed by atoms with Gasteiger partial charge in [-0.15, -0.1) is 0 Å². The number of carbonyl (C=O) groups excluding carboxylic acids is 2. The van der Waals surface area contributed by atoms with Crippen LogP contribution in [0.4, 0.5) is 0 Å². The maximum Gasteiger partial charge on any atom is 0.330 e. The Balaban J connectivity index is 1.94. The van der Waals surface area contributed by atoms with Gasteiger partial charge in [-0.2, -0.15) is 0 Å². The Hall–Kier alpha value is -3.56. The maximum atomic E-state index is 11.0. The Kier molecular flexibility index (Phi) is 12.8. The normalized spacial score (nSPS) is 10.4. The molecular weight excluding hydrogens is 456 g/mol. The van der Waals surface area contributed by atoms with Crippen molar-refractivity contribution < 1.29 is 42.7 Å². The summed E-state index contributed by atoms with van der Waals surface area (Å²) in [5.41, 5.74) is 0. The standard InChI is InChI=1S/C26H32O9/c1-4-24(27)33-16-12-29-11-15-32-22-19-23(31-6-3)26(21-10-8-7-9-20(21)22)35-18-14-30-13-17-34-25(28)5-2/h4-5,7-10,19H,1-2,6,11-18H2,3H3. The third-order valence-electron chi connectivity index (χ3n) is 4.46. The topological polar surface area (TPSA) is 98.8 Å². The summed E-state index contributed by atoms with van der Waals surface area (Å²) in [4.78, 5) is 22.0. The van der Waals surface area contributed by atoms with Gasteiger partial charge in [-0.25, -0.2) is 9.59 Å². The van der Waals surface area contributed by atoms with Crippen LogP contribution in [0, 0.1) is 0 Å². The SMILES string of the molecule is C=CC(=O)OCCOCCOc1cc(OCC)c(OCCOCCOC(=O)C=C)c2ccccc12. The maximum absolute atomic E-state index is 11.0. The molecule has 2 aromatic carbocycles. The molecule has 2 aromatic rings. The van der Waals surface area contributed by atoms with Crippen molar-refractivity contribution in [2.75, 3.05) is 59.5 Å². The van der Waals surface area contributed by atoms with Crippen LogP contribution in [0.5, 0.6) is 17.2 Å². The van der Waals surface area contributed by atoms with E-state index in [1.807, 2.05) is 31.2 Å². The van der Waals surface area contributed by atoms with Crippen LogP contribution in [-0.2, 0) is 28.5 Å². The van der Waals surface area contributed by atoms with Crippen LogP contribution >= 0.6 is 0 Å². The van der Waals surface area contributed by atoms with Crippen molar-refractivity contribution in [3.05, 3.63) is 55.6 Å². The second-order valence-electron chi connectivity index (χ2n) is 6.85. The smallest absolute Gasteiger partial charge is 0.330 e. The second-order valence-corrected chi connectivity index (χ2v) is 6.85. The molecule has 2 rings (SSSR count). The lowest BCUT2D eigenvalue weighted by Crippen LogP contribution is -2.13. The highest BCUT2D eigenvalue weighted by Crippen LogP contribution is 2.41. The van der Waals surface area contributed by atoms with Gasteiger partial charge in [-0.3, -0.25) is 0 Å². The van der Waals surface area contributed by atoms with Crippen molar-refractivity contribution >= 4 is 22.7 Å². The van der Waals surface area contributed by atoms with E-state index >= 15 is 0 Å². The van der Waals surface area contributed by atoms with Crippen LogP contribution in [0.3, 0.4) is 0 Å².